The smallest absolute Gasteiger partial charge is 0.250 e. The fourth-order valence-electron chi connectivity index (χ4n) is 1.46. The van der Waals surface area contributed by atoms with Crippen LogP contribution in [0.2, 0.25) is 0 Å². The third-order valence-electron chi connectivity index (χ3n) is 2.39. The number of nitrogens with one attached hydrogen (secondary N) is 2. The Kier molecular flexibility index (Phi) is 4.68. The summed E-state index contributed by atoms with van der Waals surface area (Å²) in [5.74, 6) is -0.425. The van der Waals surface area contributed by atoms with Crippen molar-refractivity contribution in [1.82, 2.24) is 10.3 Å². The molecule has 0 saturated heterocycles. The first-order valence-electron chi connectivity index (χ1n) is 5.93. The van der Waals surface area contributed by atoms with Crippen LogP contribution in [0.25, 0.3) is 0 Å². The Balaban J connectivity index is 2.80. The fourth-order valence-corrected chi connectivity index (χ4v) is 1.46. The molecular formula is C12H19N5O2. The molecule has 0 saturated carbocycles. The molecule has 1 aromatic heterocycles. The summed E-state index contributed by atoms with van der Waals surface area (Å²) in [6.07, 6.45) is 1.33. The van der Waals surface area contributed by atoms with Gasteiger partial charge in [0.15, 0.2) is 0 Å². The predicted octanol–water partition coefficient (Wildman–Crippen LogP) is 0.0877. The van der Waals surface area contributed by atoms with E-state index >= 15 is 0 Å². The van der Waals surface area contributed by atoms with Crippen molar-refractivity contribution in [3.05, 3.63) is 17.8 Å². The Labute approximate surface area is 111 Å². The maximum atomic E-state index is 11.7. The Morgan fingerprint density at radius 2 is 1.95 bits per heavy atom. The second-order valence-electron chi connectivity index (χ2n) is 4.55. The van der Waals surface area contributed by atoms with Crippen LogP contribution in [0.4, 0.5) is 11.5 Å². The lowest BCUT2D eigenvalue weighted by molar-refractivity contribution is -0.122. The van der Waals surface area contributed by atoms with Crippen molar-refractivity contribution in [2.75, 3.05) is 11.1 Å². The average Bonchev–Trinajstić information content (AvgIpc) is 2.30. The number of amides is 2. The van der Waals surface area contributed by atoms with Gasteiger partial charge in [-0.3, -0.25) is 9.59 Å². The van der Waals surface area contributed by atoms with Gasteiger partial charge in [-0.1, -0.05) is 0 Å². The highest BCUT2D eigenvalue weighted by molar-refractivity contribution is 5.98. The van der Waals surface area contributed by atoms with Crippen molar-refractivity contribution >= 4 is 23.3 Å². The van der Waals surface area contributed by atoms with E-state index < -0.39 is 11.9 Å². The van der Waals surface area contributed by atoms with E-state index in [9.17, 15) is 9.59 Å². The Bertz CT molecular complexity index is 487. The van der Waals surface area contributed by atoms with Gasteiger partial charge in [-0.2, -0.15) is 0 Å². The van der Waals surface area contributed by atoms with E-state index in [1.807, 2.05) is 13.8 Å². The fraction of sp³-hybridized carbons (Fsp3) is 0.417. The van der Waals surface area contributed by atoms with Crippen LogP contribution in [0.3, 0.4) is 0 Å². The number of nitrogen functional groups attached to an aromatic ring is 1. The molecule has 7 heteroatoms. The van der Waals surface area contributed by atoms with E-state index in [4.69, 9.17) is 11.5 Å². The van der Waals surface area contributed by atoms with Crippen molar-refractivity contribution in [2.24, 2.45) is 5.73 Å². The number of anilines is 2. The Hall–Kier alpha value is -2.31. The first-order valence-corrected chi connectivity index (χ1v) is 5.93. The number of hydrogen-bond acceptors (Lipinski definition) is 5. The van der Waals surface area contributed by atoms with Gasteiger partial charge in [0, 0.05) is 6.04 Å². The third kappa shape index (κ3) is 4.13. The number of pyridine rings is 1. The highest BCUT2D eigenvalue weighted by atomic mass is 16.2. The van der Waals surface area contributed by atoms with Gasteiger partial charge in [-0.15, -0.1) is 0 Å². The van der Waals surface area contributed by atoms with Crippen molar-refractivity contribution in [3.8, 4) is 0 Å². The zero-order valence-corrected chi connectivity index (χ0v) is 11.2. The summed E-state index contributed by atoms with van der Waals surface area (Å²) in [6.45, 7) is 5.44. The second kappa shape index (κ2) is 6.03. The molecule has 1 unspecified atom stereocenters. The van der Waals surface area contributed by atoms with Crippen molar-refractivity contribution in [2.45, 2.75) is 32.9 Å². The van der Waals surface area contributed by atoms with E-state index in [1.54, 1.807) is 6.92 Å². The van der Waals surface area contributed by atoms with E-state index in [-0.39, 0.29) is 23.2 Å². The van der Waals surface area contributed by atoms with Crippen LogP contribution >= 0.6 is 0 Å². The largest absolute Gasteiger partial charge is 0.397 e. The minimum absolute atomic E-state index is 0.0531. The number of carbonyl (C=O) groups is 2. The van der Waals surface area contributed by atoms with Crippen molar-refractivity contribution < 1.29 is 9.59 Å². The van der Waals surface area contributed by atoms with E-state index in [0.717, 1.165) is 0 Å². The van der Waals surface area contributed by atoms with Gasteiger partial charge in [-0.05, 0) is 26.8 Å². The number of rotatable bonds is 5. The monoisotopic (exact) mass is 265 g/mol. The summed E-state index contributed by atoms with van der Waals surface area (Å²) in [4.78, 5) is 26.9. The average molecular weight is 265 g/mol. The summed E-state index contributed by atoms with van der Waals surface area (Å²) in [5, 5.41) is 5.65. The minimum atomic E-state index is -0.637. The van der Waals surface area contributed by atoms with Gasteiger partial charge in [0.25, 0.3) is 5.91 Å². The molecule has 0 aromatic carbocycles. The first-order chi connectivity index (χ1) is 8.81. The van der Waals surface area contributed by atoms with Crippen LogP contribution in [0.15, 0.2) is 12.3 Å². The van der Waals surface area contributed by atoms with Gasteiger partial charge in [-0.25, -0.2) is 4.98 Å². The molecule has 1 atom stereocenters. The van der Waals surface area contributed by atoms with Gasteiger partial charge in [0.05, 0.1) is 17.4 Å². The second-order valence-corrected chi connectivity index (χ2v) is 4.55. The van der Waals surface area contributed by atoms with Gasteiger partial charge < -0.3 is 22.1 Å². The van der Waals surface area contributed by atoms with Crippen LogP contribution in [-0.2, 0) is 4.79 Å². The van der Waals surface area contributed by atoms with Crippen molar-refractivity contribution in [3.63, 3.8) is 0 Å². The molecule has 7 nitrogen and oxygen atoms in total. The predicted molar refractivity (Wildman–Crippen MR) is 73.5 cm³/mol. The quantitative estimate of drug-likeness (QED) is 0.600. The molecule has 1 aromatic rings. The SMILES string of the molecule is CC(C)NC(=O)C(C)Nc1cc(C(N)=O)c(N)cn1. The van der Waals surface area contributed by atoms with Gasteiger partial charge in [0.2, 0.25) is 5.91 Å². The normalized spacial score (nSPS) is 12.0. The summed E-state index contributed by atoms with van der Waals surface area (Å²) < 4.78 is 0. The van der Waals surface area contributed by atoms with Gasteiger partial charge in [0.1, 0.15) is 11.9 Å². The molecule has 0 aliphatic rings. The number of hydrogen-bond donors (Lipinski definition) is 4. The molecule has 0 bridgehead atoms. The molecule has 0 spiro atoms. The van der Waals surface area contributed by atoms with Crippen molar-refractivity contribution in [1.29, 1.82) is 0 Å². The lowest BCUT2D eigenvalue weighted by Crippen LogP contribution is -2.41. The van der Waals surface area contributed by atoms with Crippen LogP contribution in [0, 0.1) is 0 Å². The van der Waals surface area contributed by atoms with Crippen LogP contribution in [0.1, 0.15) is 31.1 Å². The number of nitrogens with two attached hydrogens (primary N) is 2. The van der Waals surface area contributed by atoms with Crippen LogP contribution in [0.5, 0.6) is 0 Å². The number of carbonyl (C=O) groups excluding carboxylic acids is 2. The topological polar surface area (TPSA) is 123 Å². The molecule has 0 radical (unpaired) electrons. The van der Waals surface area contributed by atoms with Crippen LogP contribution in [-0.4, -0.2) is 28.9 Å². The molecule has 0 aliphatic heterocycles. The zero-order valence-electron chi connectivity index (χ0n) is 11.2. The van der Waals surface area contributed by atoms with Gasteiger partial charge >= 0.3 is 0 Å². The maximum absolute atomic E-state index is 11.7. The summed E-state index contributed by atoms with van der Waals surface area (Å²) in [5.41, 5.74) is 11.1. The van der Waals surface area contributed by atoms with E-state index in [0.29, 0.717) is 5.82 Å². The minimum Gasteiger partial charge on any atom is -0.397 e. The summed E-state index contributed by atoms with van der Waals surface area (Å²) >= 11 is 0. The lowest BCUT2D eigenvalue weighted by Gasteiger charge is -2.17. The summed E-state index contributed by atoms with van der Waals surface area (Å²) in [6, 6.07) is 0.994. The van der Waals surface area contributed by atoms with Crippen LogP contribution < -0.4 is 22.1 Å². The lowest BCUT2D eigenvalue weighted by atomic mass is 10.2. The number of aromatic nitrogens is 1. The molecule has 0 fully saturated rings. The standard InChI is InChI=1S/C12H19N5O2/c1-6(2)16-12(19)7(3)17-10-4-8(11(14)18)9(13)5-15-10/h4-7H,13H2,1-3H3,(H2,14,18)(H,15,17)(H,16,19). The first kappa shape index (κ1) is 14.7. The zero-order chi connectivity index (χ0) is 14.6. The number of primary amides is 1. The molecule has 104 valence electrons. The molecule has 0 aliphatic carbocycles. The highest BCUT2D eigenvalue weighted by Gasteiger charge is 2.15. The number of nitrogens with zero attached hydrogens (tertiary/aromatic N) is 1. The summed E-state index contributed by atoms with van der Waals surface area (Å²) in [7, 11) is 0. The molecule has 1 rings (SSSR count). The molecule has 6 N–H and O–H groups in total. The molecule has 19 heavy (non-hydrogen) atoms. The highest BCUT2D eigenvalue weighted by Crippen LogP contribution is 2.14. The molecule has 1 heterocycles. The van der Waals surface area contributed by atoms with E-state index in [2.05, 4.69) is 15.6 Å². The Morgan fingerprint density at radius 3 is 2.47 bits per heavy atom. The molecular weight excluding hydrogens is 246 g/mol. The maximum Gasteiger partial charge on any atom is 0.250 e. The molecule has 2 amide bonds. The van der Waals surface area contributed by atoms with E-state index in [1.165, 1.54) is 12.3 Å². The third-order valence-corrected chi connectivity index (χ3v) is 2.39. The Morgan fingerprint density at radius 1 is 1.32 bits per heavy atom.